The number of fused-ring (bicyclic) bond motifs is 1. The molecule has 0 spiro atoms. The average Bonchev–Trinajstić information content (AvgIpc) is 3.30. The van der Waals surface area contributed by atoms with Gasteiger partial charge in [-0.3, -0.25) is 4.79 Å². The molecule has 1 aliphatic heterocycles. The molecular weight excluding hydrogens is 485 g/mol. The SMILES string of the molecule is Cc1cc(C)cc(N=C2NC(=O)/C(=C/c3cn(Cc4ccc(Cl)c(Cl)c4)c4ccccc34)S2)c1. The normalized spacial score (nSPS) is 16.1. The zero-order valence-electron chi connectivity index (χ0n) is 18.6. The first-order valence-corrected chi connectivity index (χ1v) is 12.3. The molecule has 1 amide bonds. The van der Waals surface area contributed by atoms with Gasteiger partial charge in [0, 0.05) is 29.2 Å². The lowest BCUT2D eigenvalue weighted by Crippen LogP contribution is -2.19. The Morgan fingerprint density at radius 3 is 2.53 bits per heavy atom. The molecule has 170 valence electrons. The van der Waals surface area contributed by atoms with Crippen molar-refractivity contribution < 1.29 is 4.79 Å². The summed E-state index contributed by atoms with van der Waals surface area (Å²) < 4.78 is 2.16. The fraction of sp³-hybridized carbons (Fsp3) is 0.111. The number of carbonyl (C=O) groups is 1. The van der Waals surface area contributed by atoms with E-state index in [2.05, 4.69) is 39.3 Å². The highest BCUT2D eigenvalue weighted by atomic mass is 35.5. The molecule has 0 unspecified atom stereocenters. The Kier molecular flexibility index (Phi) is 6.26. The Balaban J connectivity index is 1.47. The van der Waals surface area contributed by atoms with Crippen molar-refractivity contribution in [1.29, 1.82) is 0 Å². The predicted molar refractivity (Wildman–Crippen MR) is 144 cm³/mol. The van der Waals surface area contributed by atoms with Crippen molar-refractivity contribution in [3.8, 4) is 0 Å². The first-order valence-electron chi connectivity index (χ1n) is 10.8. The number of thioether (sulfide) groups is 1. The molecule has 5 rings (SSSR count). The van der Waals surface area contributed by atoms with E-state index in [1.807, 2.05) is 62.4 Å². The minimum atomic E-state index is -0.144. The van der Waals surface area contributed by atoms with Gasteiger partial charge < -0.3 is 9.88 Å². The monoisotopic (exact) mass is 505 g/mol. The van der Waals surface area contributed by atoms with Crippen molar-refractivity contribution in [2.45, 2.75) is 20.4 Å². The molecule has 0 aliphatic carbocycles. The highest BCUT2D eigenvalue weighted by Gasteiger charge is 2.24. The van der Waals surface area contributed by atoms with E-state index in [0.717, 1.165) is 38.8 Å². The summed E-state index contributed by atoms with van der Waals surface area (Å²) in [7, 11) is 0. The maximum atomic E-state index is 12.7. The Bertz CT molecular complexity index is 1480. The number of aromatic nitrogens is 1. The minimum Gasteiger partial charge on any atom is -0.342 e. The number of nitrogens with one attached hydrogen (secondary N) is 1. The molecule has 1 aliphatic rings. The Morgan fingerprint density at radius 1 is 1.00 bits per heavy atom. The molecule has 4 aromatic rings. The Hall–Kier alpha value is -2.99. The number of nitrogens with zero attached hydrogens (tertiary/aromatic N) is 2. The summed E-state index contributed by atoms with van der Waals surface area (Å²) in [6.07, 6.45) is 3.99. The average molecular weight is 506 g/mol. The molecule has 1 N–H and O–H groups in total. The van der Waals surface area contributed by atoms with Crippen LogP contribution in [-0.4, -0.2) is 15.6 Å². The first-order chi connectivity index (χ1) is 16.4. The molecule has 0 radical (unpaired) electrons. The van der Waals surface area contributed by atoms with Crippen LogP contribution in [-0.2, 0) is 11.3 Å². The third kappa shape index (κ3) is 4.78. The van der Waals surface area contributed by atoms with Gasteiger partial charge in [-0.05, 0) is 78.7 Å². The smallest absolute Gasteiger partial charge is 0.264 e. The van der Waals surface area contributed by atoms with Gasteiger partial charge in [0.2, 0.25) is 0 Å². The van der Waals surface area contributed by atoms with Crippen LogP contribution in [0.15, 0.2) is 76.8 Å². The number of hydrogen-bond acceptors (Lipinski definition) is 3. The molecule has 0 saturated carbocycles. The third-order valence-electron chi connectivity index (χ3n) is 5.53. The van der Waals surface area contributed by atoms with E-state index >= 15 is 0 Å². The van der Waals surface area contributed by atoms with Gasteiger partial charge in [0.25, 0.3) is 5.91 Å². The van der Waals surface area contributed by atoms with Gasteiger partial charge in [-0.1, -0.05) is 53.5 Å². The van der Waals surface area contributed by atoms with Crippen LogP contribution in [0, 0.1) is 13.8 Å². The number of carbonyl (C=O) groups excluding carboxylic acids is 1. The standard InChI is InChI=1S/C27H21Cl2N3OS/c1-16-9-17(2)11-20(10-16)30-27-31-26(33)25(34-27)13-19-15-32(24-6-4-3-5-21(19)24)14-18-7-8-22(28)23(29)12-18/h3-13,15H,14H2,1-2H3,(H,30,31,33)/b25-13-. The fourth-order valence-electron chi connectivity index (χ4n) is 4.11. The van der Waals surface area contributed by atoms with Gasteiger partial charge in [0.15, 0.2) is 5.17 Å². The van der Waals surface area contributed by atoms with E-state index in [0.29, 0.717) is 26.7 Å². The summed E-state index contributed by atoms with van der Waals surface area (Å²) in [6.45, 7) is 4.71. The fourth-order valence-corrected chi connectivity index (χ4v) is 5.26. The second-order valence-corrected chi connectivity index (χ2v) is 10.2. The molecular formula is C27H21Cl2N3OS. The first kappa shape index (κ1) is 22.8. The van der Waals surface area contributed by atoms with E-state index in [9.17, 15) is 4.79 Å². The lowest BCUT2D eigenvalue weighted by Gasteiger charge is -2.06. The van der Waals surface area contributed by atoms with Crippen LogP contribution in [0.4, 0.5) is 5.69 Å². The lowest BCUT2D eigenvalue weighted by atomic mass is 10.1. The summed E-state index contributed by atoms with van der Waals surface area (Å²) in [5.41, 5.74) is 6.21. The molecule has 4 nitrogen and oxygen atoms in total. The number of para-hydroxylation sites is 1. The molecule has 2 heterocycles. The third-order valence-corrected chi connectivity index (χ3v) is 7.18. The van der Waals surface area contributed by atoms with Crippen LogP contribution >= 0.6 is 35.0 Å². The molecule has 7 heteroatoms. The van der Waals surface area contributed by atoms with Gasteiger partial charge in [-0.2, -0.15) is 0 Å². The molecule has 34 heavy (non-hydrogen) atoms. The van der Waals surface area contributed by atoms with Crippen LogP contribution in [0.1, 0.15) is 22.3 Å². The van der Waals surface area contributed by atoms with Crippen LogP contribution < -0.4 is 5.32 Å². The molecule has 1 fully saturated rings. The summed E-state index contributed by atoms with van der Waals surface area (Å²) in [5, 5.41) is 5.62. The Labute approximate surface area is 212 Å². The second-order valence-electron chi connectivity index (χ2n) is 8.31. The van der Waals surface area contributed by atoms with Gasteiger partial charge in [-0.25, -0.2) is 4.99 Å². The van der Waals surface area contributed by atoms with Crippen LogP contribution in [0.25, 0.3) is 17.0 Å². The number of halogens is 2. The van der Waals surface area contributed by atoms with Crippen molar-refractivity contribution in [1.82, 2.24) is 9.88 Å². The van der Waals surface area contributed by atoms with Gasteiger partial charge in [0.05, 0.1) is 20.6 Å². The van der Waals surface area contributed by atoms with Gasteiger partial charge in [-0.15, -0.1) is 0 Å². The molecule has 0 bridgehead atoms. The van der Waals surface area contributed by atoms with E-state index in [4.69, 9.17) is 23.2 Å². The quantitative estimate of drug-likeness (QED) is 0.291. The molecule has 0 atom stereocenters. The summed E-state index contributed by atoms with van der Waals surface area (Å²) in [4.78, 5) is 18.0. The minimum absolute atomic E-state index is 0.144. The number of amides is 1. The van der Waals surface area contributed by atoms with E-state index in [1.54, 1.807) is 0 Å². The largest absolute Gasteiger partial charge is 0.342 e. The van der Waals surface area contributed by atoms with Gasteiger partial charge >= 0.3 is 0 Å². The number of amidine groups is 1. The molecule has 1 aromatic heterocycles. The van der Waals surface area contributed by atoms with E-state index in [1.165, 1.54) is 11.8 Å². The summed E-state index contributed by atoms with van der Waals surface area (Å²) in [6, 6.07) is 19.9. The van der Waals surface area contributed by atoms with Crippen LogP contribution in [0.5, 0.6) is 0 Å². The maximum Gasteiger partial charge on any atom is 0.264 e. The highest BCUT2D eigenvalue weighted by molar-refractivity contribution is 8.18. The van der Waals surface area contributed by atoms with E-state index < -0.39 is 0 Å². The topological polar surface area (TPSA) is 46.4 Å². The van der Waals surface area contributed by atoms with Crippen molar-refractivity contribution in [3.05, 3.63) is 104 Å². The van der Waals surface area contributed by atoms with Crippen molar-refractivity contribution in [2.75, 3.05) is 0 Å². The van der Waals surface area contributed by atoms with Crippen LogP contribution in [0.2, 0.25) is 10.0 Å². The number of benzene rings is 3. The molecule has 3 aromatic carbocycles. The zero-order valence-corrected chi connectivity index (χ0v) is 20.9. The number of rotatable bonds is 4. The number of aliphatic imine (C=N–C) groups is 1. The zero-order chi connectivity index (χ0) is 23.8. The highest BCUT2D eigenvalue weighted by Crippen LogP contribution is 2.32. The lowest BCUT2D eigenvalue weighted by molar-refractivity contribution is -0.115. The van der Waals surface area contributed by atoms with Crippen molar-refractivity contribution in [2.24, 2.45) is 4.99 Å². The number of aryl methyl sites for hydroxylation is 2. The maximum absolute atomic E-state index is 12.7. The van der Waals surface area contributed by atoms with Gasteiger partial charge in [0.1, 0.15) is 0 Å². The Morgan fingerprint density at radius 2 is 1.76 bits per heavy atom. The van der Waals surface area contributed by atoms with Crippen LogP contribution in [0.3, 0.4) is 0 Å². The van der Waals surface area contributed by atoms with Crippen molar-refractivity contribution in [3.63, 3.8) is 0 Å². The summed E-state index contributed by atoms with van der Waals surface area (Å²) in [5.74, 6) is -0.144. The predicted octanol–water partition coefficient (Wildman–Crippen LogP) is 7.50. The second kappa shape index (κ2) is 9.34. The number of hydrogen-bond donors (Lipinski definition) is 1. The van der Waals surface area contributed by atoms with E-state index in [-0.39, 0.29) is 5.91 Å². The summed E-state index contributed by atoms with van der Waals surface area (Å²) >= 11 is 13.6. The molecule has 1 saturated heterocycles. The van der Waals surface area contributed by atoms with Crippen molar-refractivity contribution >= 4 is 68.7 Å².